The van der Waals surface area contributed by atoms with Gasteiger partial charge in [0.25, 0.3) is 5.56 Å². The molecule has 1 amide bonds. The van der Waals surface area contributed by atoms with Crippen molar-refractivity contribution in [3.8, 4) is 0 Å². The van der Waals surface area contributed by atoms with Crippen LogP contribution in [0.25, 0.3) is 10.2 Å². The zero-order chi connectivity index (χ0) is 17.9. The van der Waals surface area contributed by atoms with Crippen molar-refractivity contribution in [2.45, 2.75) is 40.2 Å². The monoisotopic (exact) mass is 351 g/mol. The molecule has 130 valence electrons. The summed E-state index contributed by atoms with van der Waals surface area (Å²) in [5.41, 5.74) is -0.537. The summed E-state index contributed by atoms with van der Waals surface area (Å²) in [5, 5.41) is 10.7. The summed E-state index contributed by atoms with van der Waals surface area (Å²) in [6.07, 6.45) is 1.68. The van der Waals surface area contributed by atoms with E-state index in [4.69, 9.17) is 0 Å². The Bertz CT molecular complexity index is 819. The second kappa shape index (κ2) is 7.57. The Labute approximate surface area is 143 Å². The number of aromatic nitrogens is 2. The second-order valence-electron chi connectivity index (χ2n) is 5.57. The zero-order valence-corrected chi connectivity index (χ0v) is 14.9. The summed E-state index contributed by atoms with van der Waals surface area (Å²) in [5.74, 6) is -0.912. The molecule has 0 fully saturated rings. The van der Waals surface area contributed by atoms with E-state index in [1.54, 1.807) is 11.8 Å². The van der Waals surface area contributed by atoms with Crippen LogP contribution < -0.4 is 5.56 Å². The number of amides is 1. The minimum absolute atomic E-state index is 0.0623. The highest BCUT2D eigenvalue weighted by Gasteiger charge is 2.20. The van der Waals surface area contributed by atoms with Crippen LogP contribution in [0.5, 0.6) is 0 Å². The van der Waals surface area contributed by atoms with E-state index in [9.17, 15) is 19.5 Å². The number of carboxylic acids is 1. The molecule has 2 aromatic heterocycles. The van der Waals surface area contributed by atoms with E-state index in [2.05, 4.69) is 4.98 Å². The van der Waals surface area contributed by atoms with Gasteiger partial charge in [0.2, 0.25) is 5.91 Å². The first-order chi connectivity index (χ1) is 11.4. The van der Waals surface area contributed by atoms with Crippen molar-refractivity contribution in [2.24, 2.45) is 0 Å². The Kier molecular flexibility index (Phi) is 5.71. The maximum Gasteiger partial charge on any atom is 0.337 e. The molecule has 2 aromatic rings. The number of rotatable bonds is 7. The lowest BCUT2D eigenvalue weighted by atomic mass is 10.2. The summed E-state index contributed by atoms with van der Waals surface area (Å²) < 4.78 is 1.27. The van der Waals surface area contributed by atoms with Gasteiger partial charge in [0.1, 0.15) is 17.2 Å². The van der Waals surface area contributed by atoms with Crippen LogP contribution in [-0.4, -0.2) is 44.5 Å². The maximum atomic E-state index is 12.7. The Morgan fingerprint density at radius 1 is 1.29 bits per heavy atom. The van der Waals surface area contributed by atoms with Gasteiger partial charge in [-0.15, -0.1) is 11.3 Å². The molecule has 8 heteroatoms. The van der Waals surface area contributed by atoms with E-state index in [1.165, 1.54) is 9.95 Å². The molecule has 0 saturated carbocycles. The minimum Gasteiger partial charge on any atom is -0.478 e. The van der Waals surface area contributed by atoms with Gasteiger partial charge in [-0.25, -0.2) is 9.78 Å². The molecule has 0 radical (unpaired) electrons. The van der Waals surface area contributed by atoms with E-state index in [-0.39, 0.29) is 23.4 Å². The van der Waals surface area contributed by atoms with Gasteiger partial charge in [0, 0.05) is 18.5 Å². The Morgan fingerprint density at radius 2 is 1.92 bits per heavy atom. The quantitative estimate of drug-likeness (QED) is 0.825. The fourth-order valence-electron chi connectivity index (χ4n) is 2.61. The standard InChI is InChI=1S/C16H21N3O4S/c1-4-6-18(7-5-2)12(20)8-19-10(3)17-14-13(15(19)21)11(9-24-14)16(22)23/h9H,4-8H2,1-3H3,(H,22,23). The maximum absolute atomic E-state index is 12.7. The van der Waals surface area contributed by atoms with Crippen LogP contribution in [0.1, 0.15) is 42.9 Å². The number of aryl methyl sites for hydroxylation is 1. The Hall–Kier alpha value is -2.22. The Morgan fingerprint density at radius 3 is 2.46 bits per heavy atom. The van der Waals surface area contributed by atoms with Crippen molar-refractivity contribution in [1.29, 1.82) is 0 Å². The van der Waals surface area contributed by atoms with Crippen molar-refractivity contribution in [2.75, 3.05) is 13.1 Å². The number of carbonyl (C=O) groups excluding carboxylic acids is 1. The molecule has 0 bridgehead atoms. The van der Waals surface area contributed by atoms with Gasteiger partial charge in [0.05, 0.1) is 10.9 Å². The van der Waals surface area contributed by atoms with Crippen LogP contribution in [0.15, 0.2) is 10.2 Å². The largest absolute Gasteiger partial charge is 0.478 e. The van der Waals surface area contributed by atoms with Crippen LogP contribution in [0, 0.1) is 6.92 Å². The minimum atomic E-state index is -1.17. The predicted molar refractivity (Wildman–Crippen MR) is 92.7 cm³/mol. The molecule has 1 N–H and O–H groups in total. The zero-order valence-electron chi connectivity index (χ0n) is 14.0. The summed E-state index contributed by atoms with van der Waals surface area (Å²) in [6.45, 7) is 6.78. The first-order valence-electron chi connectivity index (χ1n) is 7.90. The lowest BCUT2D eigenvalue weighted by molar-refractivity contribution is -0.132. The lowest BCUT2D eigenvalue weighted by Gasteiger charge is -2.22. The molecule has 0 unspecified atom stereocenters. The number of hydrogen-bond acceptors (Lipinski definition) is 5. The SMILES string of the molecule is CCCN(CCC)C(=O)Cn1c(C)nc2scc(C(=O)O)c2c1=O. The molecule has 0 aliphatic rings. The molecule has 2 heterocycles. The van der Waals surface area contributed by atoms with E-state index < -0.39 is 11.5 Å². The van der Waals surface area contributed by atoms with Gasteiger partial charge >= 0.3 is 5.97 Å². The Balaban J connectivity index is 2.45. The fraction of sp³-hybridized carbons (Fsp3) is 0.500. The third kappa shape index (κ3) is 3.48. The number of carbonyl (C=O) groups is 2. The molecule has 2 rings (SSSR count). The van der Waals surface area contributed by atoms with Gasteiger partial charge in [-0.1, -0.05) is 13.8 Å². The van der Waals surface area contributed by atoms with Crippen LogP contribution in [0.2, 0.25) is 0 Å². The molecule has 0 saturated heterocycles. The lowest BCUT2D eigenvalue weighted by Crippen LogP contribution is -2.38. The van der Waals surface area contributed by atoms with Gasteiger partial charge in [0.15, 0.2) is 0 Å². The topological polar surface area (TPSA) is 92.5 Å². The van der Waals surface area contributed by atoms with Crippen LogP contribution >= 0.6 is 11.3 Å². The van der Waals surface area contributed by atoms with E-state index in [1.807, 2.05) is 13.8 Å². The van der Waals surface area contributed by atoms with Crippen molar-refractivity contribution in [3.05, 3.63) is 27.1 Å². The van der Waals surface area contributed by atoms with Crippen molar-refractivity contribution < 1.29 is 14.7 Å². The van der Waals surface area contributed by atoms with Crippen molar-refractivity contribution in [3.63, 3.8) is 0 Å². The number of carboxylic acid groups (broad SMARTS) is 1. The molecular formula is C16H21N3O4S. The molecule has 0 aliphatic carbocycles. The van der Waals surface area contributed by atoms with E-state index in [0.717, 1.165) is 24.2 Å². The molecule has 0 atom stereocenters. The van der Waals surface area contributed by atoms with Crippen LogP contribution in [0.4, 0.5) is 0 Å². The third-order valence-electron chi connectivity index (χ3n) is 3.75. The number of aromatic carboxylic acids is 1. The molecular weight excluding hydrogens is 330 g/mol. The molecule has 24 heavy (non-hydrogen) atoms. The van der Waals surface area contributed by atoms with E-state index in [0.29, 0.717) is 23.7 Å². The van der Waals surface area contributed by atoms with Gasteiger partial charge in [-0.3, -0.25) is 14.2 Å². The average Bonchev–Trinajstić information content (AvgIpc) is 2.95. The van der Waals surface area contributed by atoms with Crippen molar-refractivity contribution >= 4 is 33.4 Å². The number of hydrogen-bond donors (Lipinski definition) is 1. The molecule has 0 spiro atoms. The van der Waals surface area contributed by atoms with Gasteiger partial charge in [-0.2, -0.15) is 0 Å². The van der Waals surface area contributed by atoms with Crippen molar-refractivity contribution in [1.82, 2.24) is 14.5 Å². The summed E-state index contributed by atoms with van der Waals surface area (Å²) >= 11 is 1.12. The predicted octanol–water partition coefficient (Wildman–Crippen LogP) is 2.11. The number of thiophene rings is 1. The molecule has 7 nitrogen and oxygen atoms in total. The van der Waals surface area contributed by atoms with Gasteiger partial charge in [-0.05, 0) is 19.8 Å². The fourth-order valence-corrected chi connectivity index (χ4v) is 3.55. The average molecular weight is 351 g/mol. The third-order valence-corrected chi connectivity index (χ3v) is 4.62. The summed E-state index contributed by atoms with van der Waals surface area (Å²) in [7, 11) is 0. The summed E-state index contributed by atoms with van der Waals surface area (Å²) in [6, 6.07) is 0. The highest BCUT2D eigenvalue weighted by Crippen LogP contribution is 2.21. The molecule has 0 aliphatic heterocycles. The highest BCUT2D eigenvalue weighted by molar-refractivity contribution is 7.17. The van der Waals surface area contributed by atoms with Gasteiger partial charge < -0.3 is 10.0 Å². The summed E-state index contributed by atoms with van der Waals surface area (Å²) in [4.78, 5) is 42.9. The van der Waals surface area contributed by atoms with E-state index >= 15 is 0 Å². The number of nitrogens with zero attached hydrogens (tertiary/aromatic N) is 3. The van der Waals surface area contributed by atoms with Crippen LogP contribution in [0.3, 0.4) is 0 Å². The normalized spacial score (nSPS) is 11.0. The molecule has 0 aromatic carbocycles. The smallest absolute Gasteiger partial charge is 0.337 e. The first kappa shape index (κ1) is 18.1. The first-order valence-corrected chi connectivity index (χ1v) is 8.78. The second-order valence-corrected chi connectivity index (χ2v) is 6.42. The highest BCUT2D eigenvalue weighted by atomic mass is 32.1. The number of fused-ring (bicyclic) bond motifs is 1. The van der Waals surface area contributed by atoms with Crippen LogP contribution in [-0.2, 0) is 11.3 Å².